The molecule has 0 aromatic carbocycles. The molecule has 0 aromatic heterocycles. The molecule has 0 heterocycles. The zero-order valence-electron chi connectivity index (χ0n) is 44.0. The van der Waals surface area contributed by atoms with Crippen LogP contribution in [0.15, 0.2) is 146 Å². The summed E-state index contributed by atoms with van der Waals surface area (Å²) in [5, 5.41) is 0. The zero-order valence-corrected chi connectivity index (χ0v) is 44.0. The van der Waals surface area contributed by atoms with Gasteiger partial charge in [0, 0.05) is 19.3 Å². The van der Waals surface area contributed by atoms with Crippen molar-refractivity contribution in [1.82, 2.24) is 0 Å². The fourth-order valence-corrected chi connectivity index (χ4v) is 6.78. The average molecular weight is 951 g/mol. The first-order valence-electron chi connectivity index (χ1n) is 27.3. The molecule has 6 heteroatoms. The van der Waals surface area contributed by atoms with Crippen molar-refractivity contribution in [3.05, 3.63) is 146 Å². The Morgan fingerprint density at radius 3 is 1.00 bits per heavy atom. The summed E-state index contributed by atoms with van der Waals surface area (Å²) in [7, 11) is 0. The minimum atomic E-state index is -0.836. The smallest absolute Gasteiger partial charge is 0.306 e. The van der Waals surface area contributed by atoms with Gasteiger partial charge in [0.2, 0.25) is 0 Å². The van der Waals surface area contributed by atoms with Crippen molar-refractivity contribution in [2.45, 2.75) is 219 Å². The summed E-state index contributed by atoms with van der Waals surface area (Å²) in [5.74, 6) is -1.06. The molecule has 0 aliphatic carbocycles. The fourth-order valence-electron chi connectivity index (χ4n) is 6.78. The van der Waals surface area contributed by atoms with Gasteiger partial charge in [-0.05, 0) is 128 Å². The topological polar surface area (TPSA) is 78.9 Å². The van der Waals surface area contributed by atoms with E-state index in [4.69, 9.17) is 14.2 Å². The van der Waals surface area contributed by atoms with Gasteiger partial charge in [0.1, 0.15) is 13.2 Å². The van der Waals surface area contributed by atoms with Gasteiger partial charge in [-0.3, -0.25) is 14.4 Å². The predicted molar refractivity (Wildman–Crippen MR) is 297 cm³/mol. The summed E-state index contributed by atoms with van der Waals surface area (Å²) >= 11 is 0. The highest BCUT2D eigenvalue weighted by Crippen LogP contribution is 2.12. The summed E-state index contributed by atoms with van der Waals surface area (Å²) in [6, 6.07) is 0. The maximum Gasteiger partial charge on any atom is 0.306 e. The molecule has 0 N–H and O–H groups in total. The van der Waals surface area contributed by atoms with E-state index in [1.165, 1.54) is 38.5 Å². The highest BCUT2D eigenvalue weighted by Gasteiger charge is 2.19. The number of hydrogen-bond acceptors (Lipinski definition) is 6. The van der Waals surface area contributed by atoms with Crippen LogP contribution in [0, 0.1) is 0 Å². The molecule has 0 amide bonds. The SMILES string of the molecule is CC/C=C/C/C=C/C/C=C/C/C=C/C/C=C/C/C=C/CCC(=O)OC[C@@H](COC(=O)CCCCCCC/C=C/CCCCCC)OC(=O)CCCCC/C=C/C/C=C/C/C=C/C/C=C/C/C=C/CC. The van der Waals surface area contributed by atoms with Crippen LogP contribution in [-0.2, 0) is 28.6 Å². The van der Waals surface area contributed by atoms with Crippen molar-refractivity contribution in [3.63, 3.8) is 0 Å². The maximum atomic E-state index is 12.8. The third kappa shape index (κ3) is 54.1. The number of carbonyl (C=O) groups excluding carboxylic acids is 3. The number of unbranched alkanes of at least 4 members (excludes halogenated alkanes) is 12. The van der Waals surface area contributed by atoms with E-state index in [9.17, 15) is 14.4 Å². The van der Waals surface area contributed by atoms with Gasteiger partial charge >= 0.3 is 17.9 Å². The Labute approximate surface area is 423 Å². The van der Waals surface area contributed by atoms with Crippen molar-refractivity contribution in [2.75, 3.05) is 13.2 Å². The van der Waals surface area contributed by atoms with Gasteiger partial charge in [-0.2, -0.15) is 0 Å². The van der Waals surface area contributed by atoms with Crippen LogP contribution >= 0.6 is 0 Å². The van der Waals surface area contributed by atoms with Gasteiger partial charge in [0.25, 0.3) is 0 Å². The first kappa shape index (κ1) is 64.3. The van der Waals surface area contributed by atoms with Crippen LogP contribution in [0.25, 0.3) is 0 Å². The molecule has 0 spiro atoms. The minimum absolute atomic E-state index is 0.125. The van der Waals surface area contributed by atoms with Crippen molar-refractivity contribution in [3.8, 4) is 0 Å². The third-order valence-corrected chi connectivity index (χ3v) is 10.8. The standard InChI is InChI=1S/C63H98O6/c1-4-7-10-13-16-19-22-25-27-29-31-33-35-38-41-44-47-50-53-56-62(65)68-59-60(58-67-61(64)55-52-49-46-43-40-37-24-21-18-15-12-9-6-3)69-63(66)57-54-51-48-45-42-39-36-34-32-30-28-26-23-20-17-14-11-8-5-2/h7-8,10-11,16-17,19-21,24-28,31-34,38-39,41-42,47,50,60H,4-6,9,12-15,18,22-23,29-30,35-37,40,43-46,48-49,51-59H2,1-3H3/b10-7+,11-8+,19-16+,20-17+,24-21+,27-25+,28-26+,33-31+,34-32+,41-38+,42-39+,50-47+/t60-/m1/s1. The molecule has 0 aromatic rings. The molecule has 69 heavy (non-hydrogen) atoms. The van der Waals surface area contributed by atoms with Crippen molar-refractivity contribution < 1.29 is 28.6 Å². The molecule has 0 unspecified atom stereocenters. The monoisotopic (exact) mass is 951 g/mol. The van der Waals surface area contributed by atoms with Crippen molar-refractivity contribution >= 4 is 17.9 Å². The Balaban J connectivity index is 4.60. The number of carbonyl (C=O) groups is 3. The first-order chi connectivity index (χ1) is 34.0. The number of hydrogen-bond donors (Lipinski definition) is 0. The second kappa shape index (κ2) is 55.9. The fraction of sp³-hybridized carbons (Fsp3) is 0.571. The van der Waals surface area contributed by atoms with Crippen molar-refractivity contribution in [1.29, 1.82) is 0 Å². The molecule has 386 valence electrons. The summed E-state index contributed by atoms with van der Waals surface area (Å²) in [5.41, 5.74) is 0. The van der Waals surface area contributed by atoms with Crippen LogP contribution in [0.3, 0.4) is 0 Å². The molecule has 0 aliphatic rings. The Hall–Kier alpha value is -4.71. The highest BCUT2D eigenvalue weighted by molar-refractivity contribution is 5.71. The van der Waals surface area contributed by atoms with Gasteiger partial charge in [-0.25, -0.2) is 0 Å². The minimum Gasteiger partial charge on any atom is -0.462 e. The predicted octanol–water partition coefficient (Wildman–Crippen LogP) is 18.4. The van der Waals surface area contributed by atoms with Crippen LogP contribution in [-0.4, -0.2) is 37.2 Å². The summed E-state index contributed by atoms with van der Waals surface area (Å²) in [6.45, 7) is 6.27. The molecular weight excluding hydrogens is 853 g/mol. The number of ether oxygens (including phenoxy) is 3. The Bertz CT molecular complexity index is 1560. The van der Waals surface area contributed by atoms with Gasteiger partial charge in [-0.15, -0.1) is 0 Å². The molecule has 6 nitrogen and oxygen atoms in total. The van der Waals surface area contributed by atoms with E-state index in [1.807, 2.05) is 12.2 Å². The number of rotatable bonds is 47. The lowest BCUT2D eigenvalue weighted by Gasteiger charge is -2.18. The van der Waals surface area contributed by atoms with Gasteiger partial charge in [0.05, 0.1) is 0 Å². The van der Waals surface area contributed by atoms with Crippen LogP contribution in [0.4, 0.5) is 0 Å². The van der Waals surface area contributed by atoms with E-state index < -0.39 is 6.10 Å². The molecular formula is C63H98O6. The van der Waals surface area contributed by atoms with Gasteiger partial charge in [-0.1, -0.05) is 212 Å². The molecule has 1 atom stereocenters. The van der Waals surface area contributed by atoms with Crippen molar-refractivity contribution in [2.24, 2.45) is 0 Å². The van der Waals surface area contributed by atoms with E-state index >= 15 is 0 Å². The zero-order chi connectivity index (χ0) is 50.0. The lowest BCUT2D eigenvalue weighted by molar-refractivity contribution is -0.166. The summed E-state index contributed by atoms with van der Waals surface area (Å²) < 4.78 is 16.7. The maximum absolute atomic E-state index is 12.8. The molecule has 0 fully saturated rings. The van der Waals surface area contributed by atoms with E-state index in [0.717, 1.165) is 122 Å². The lowest BCUT2D eigenvalue weighted by atomic mass is 10.1. The first-order valence-corrected chi connectivity index (χ1v) is 27.3. The lowest BCUT2D eigenvalue weighted by Crippen LogP contribution is -2.30. The Morgan fingerprint density at radius 1 is 0.304 bits per heavy atom. The average Bonchev–Trinajstić information content (AvgIpc) is 3.35. The molecule has 0 radical (unpaired) electrons. The second-order valence-electron chi connectivity index (χ2n) is 17.4. The third-order valence-electron chi connectivity index (χ3n) is 10.8. The molecule has 0 rings (SSSR count). The van der Waals surface area contributed by atoms with Gasteiger partial charge in [0.15, 0.2) is 6.10 Å². The van der Waals surface area contributed by atoms with Crippen LogP contribution in [0.2, 0.25) is 0 Å². The highest BCUT2D eigenvalue weighted by atomic mass is 16.6. The number of allylic oxidation sites excluding steroid dienone is 24. The van der Waals surface area contributed by atoms with Gasteiger partial charge < -0.3 is 14.2 Å². The largest absolute Gasteiger partial charge is 0.462 e. The van der Waals surface area contributed by atoms with Crippen LogP contribution < -0.4 is 0 Å². The molecule has 0 saturated heterocycles. The molecule has 0 bridgehead atoms. The second-order valence-corrected chi connectivity index (χ2v) is 17.4. The van der Waals surface area contributed by atoms with E-state index in [-0.39, 0.29) is 44.0 Å². The molecule has 0 aliphatic heterocycles. The van der Waals surface area contributed by atoms with E-state index in [0.29, 0.717) is 19.3 Å². The normalized spacial score (nSPS) is 13.3. The van der Waals surface area contributed by atoms with Crippen LogP contribution in [0.1, 0.15) is 213 Å². The summed E-state index contributed by atoms with van der Waals surface area (Å²) in [6.07, 6.45) is 79.8. The van der Waals surface area contributed by atoms with E-state index in [1.54, 1.807) is 0 Å². The molecule has 0 saturated carbocycles. The quantitative estimate of drug-likeness (QED) is 0.0262. The Morgan fingerprint density at radius 2 is 0.594 bits per heavy atom. The summed E-state index contributed by atoms with van der Waals surface area (Å²) in [4.78, 5) is 38.1. The van der Waals surface area contributed by atoms with Crippen LogP contribution in [0.5, 0.6) is 0 Å². The van der Waals surface area contributed by atoms with E-state index in [2.05, 4.69) is 154 Å². The number of esters is 3. The Kier molecular flexibility index (Phi) is 52.1.